The molecule has 1 aliphatic rings. The number of hydrogen-bond donors (Lipinski definition) is 0. The molecule has 0 N–H and O–H groups in total. The first-order valence-electron chi connectivity index (χ1n) is 8.86. The molecule has 1 atom stereocenters. The molecule has 0 fully saturated rings. The molecule has 1 heterocycles. The Morgan fingerprint density at radius 3 is 2.72 bits per heavy atom. The number of hydrogen-bond acceptors (Lipinski definition) is 5. The maximum absolute atomic E-state index is 11.6. The number of carbonyl (C=O) groups excluding carboxylic acids is 1. The SMILES string of the molecule is CCCC(=O)O/C(C)=C(\C)CN(C)C(C)Cc1ccc2c(c1)OCO2. The van der Waals surface area contributed by atoms with E-state index >= 15 is 0 Å². The lowest BCUT2D eigenvalue weighted by molar-refractivity contribution is -0.139. The Hall–Kier alpha value is -2.01. The van der Waals surface area contributed by atoms with Gasteiger partial charge in [0.25, 0.3) is 0 Å². The number of nitrogens with zero attached hydrogens (tertiary/aromatic N) is 1. The number of rotatable bonds is 8. The third-order valence-corrected chi connectivity index (χ3v) is 4.53. The molecule has 5 nitrogen and oxygen atoms in total. The summed E-state index contributed by atoms with van der Waals surface area (Å²) in [5.41, 5.74) is 2.29. The van der Waals surface area contributed by atoms with E-state index in [9.17, 15) is 4.79 Å². The molecule has 1 unspecified atom stereocenters. The van der Waals surface area contributed by atoms with Crippen molar-refractivity contribution in [1.82, 2.24) is 4.90 Å². The van der Waals surface area contributed by atoms with Crippen LogP contribution in [0.5, 0.6) is 11.5 Å². The van der Waals surface area contributed by atoms with Crippen LogP contribution in [0.3, 0.4) is 0 Å². The summed E-state index contributed by atoms with van der Waals surface area (Å²) in [4.78, 5) is 13.9. The van der Waals surface area contributed by atoms with Gasteiger partial charge in [-0.1, -0.05) is 13.0 Å². The molecule has 0 bridgehead atoms. The Balaban J connectivity index is 1.90. The summed E-state index contributed by atoms with van der Waals surface area (Å²) in [6.07, 6.45) is 2.17. The largest absolute Gasteiger partial charge is 0.454 e. The van der Waals surface area contributed by atoms with E-state index in [0.717, 1.165) is 36.5 Å². The van der Waals surface area contributed by atoms with Crippen molar-refractivity contribution in [2.24, 2.45) is 0 Å². The Kier molecular flexibility index (Phi) is 6.88. The smallest absolute Gasteiger partial charge is 0.310 e. The van der Waals surface area contributed by atoms with E-state index < -0.39 is 0 Å². The Labute approximate surface area is 150 Å². The summed E-state index contributed by atoms with van der Waals surface area (Å²) in [7, 11) is 2.09. The molecule has 0 saturated carbocycles. The van der Waals surface area contributed by atoms with Crippen LogP contribution in [-0.2, 0) is 16.0 Å². The minimum atomic E-state index is -0.157. The van der Waals surface area contributed by atoms with Gasteiger partial charge in [-0.3, -0.25) is 9.69 Å². The average molecular weight is 347 g/mol. The lowest BCUT2D eigenvalue weighted by Gasteiger charge is -2.25. The zero-order valence-corrected chi connectivity index (χ0v) is 15.9. The first-order valence-corrected chi connectivity index (χ1v) is 8.86. The molecule has 0 aromatic heterocycles. The van der Waals surface area contributed by atoms with Gasteiger partial charge in [0.1, 0.15) is 5.76 Å². The van der Waals surface area contributed by atoms with Gasteiger partial charge in [0.05, 0.1) is 0 Å². The van der Waals surface area contributed by atoms with Crippen LogP contribution in [0, 0.1) is 0 Å². The highest BCUT2D eigenvalue weighted by atomic mass is 16.7. The zero-order chi connectivity index (χ0) is 18.4. The fourth-order valence-electron chi connectivity index (χ4n) is 2.72. The van der Waals surface area contributed by atoms with Crippen molar-refractivity contribution in [2.75, 3.05) is 20.4 Å². The normalized spacial score (nSPS) is 15.1. The van der Waals surface area contributed by atoms with Gasteiger partial charge in [-0.15, -0.1) is 0 Å². The van der Waals surface area contributed by atoms with Crippen LogP contribution in [-0.4, -0.2) is 37.3 Å². The number of benzene rings is 1. The first kappa shape index (κ1) is 19.3. The summed E-state index contributed by atoms with van der Waals surface area (Å²) >= 11 is 0. The van der Waals surface area contributed by atoms with Crippen LogP contribution in [0.1, 0.15) is 46.1 Å². The predicted molar refractivity (Wildman–Crippen MR) is 97.7 cm³/mol. The summed E-state index contributed by atoms with van der Waals surface area (Å²) in [6.45, 7) is 9.10. The highest BCUT2D eigenvalue weighted by Gasteiger charge is 2.16. The Bertz CT molecular complexity index is 639. The number of carbonyl (C=O) groups is 1. The lowest BCUT2D eigenvalue weighted by atomic mass is 10.0. The lowest BCUT2D eigenvalue weighted by Crippen LogP contribution is -2.32. The van der Waals surface area contributed by atoms with Crippen molar-refractivity contribution >= 4 is 5.97 Å². The zero-order valence-electron chi connectivity index (χ0n) is 15.9. The van der Waals surface area contributed by atoms with Crippen molar-refractivity contribution in [3.05, 3.63) is 35.1 Å². The van der Waals surface area contributed by atoms with Crippen molar-refractivity contribution < 1.29 is 19.0 Å². The first-order chi connectivity index (χ1) is 11.9. The topological polar surface area (TPSA) is 48.0 Å². The fraction of sp³-hybridized carbons (Fsp3) is 0.550. The molecule has 0 aliphatic carbocycles. The third-order valence-electron chi connectivity index (χ3n) is 4.53. The maximum atomic E-state index is 11.6. The molecular formula is C20H29NO4. The van der Waals surface area contributed by atoms with Gasteiger partial charge in [-0.05, 0) is 63.9 Å². The molecule has 138 valence electrons. The number of likely N-dealkylation sites (N-methyl/N-ethyl adjacent to an activating group) is 1. The van der Waals surface area contributed by atoms with Crippen LogP contribution >= 0.6 is 0 Å². The Morgan fingerprint density at radius 1 is 1.28 bits per heavy atom. The van der Waals surface area contributed by atoms with Crippen molar-refractivity contribution in [3.63, 3.8) is 0 Å². The third kappa shape index (κ3) is 5.49. The average Bonchev–Trinajstić information content (AvgIpc) is 3.02. The summed E-state index contributed by atoms with van der Waals surface area (Å²) < 4.78 is 16.2. The number of ether oxygens (including phenoxy) is 3. The molecule has 25 heavy (non-hydrogen) atoms. The van der Waals surface area contributed by atoms with Gasteiger partial charge in [-0.2, -0.15) is 0 Å². The van der Waals surface area contributed by atoms with E-state index in [2.05, 4.69) is 24.9 Å². The molecule has 0 radical (unpaired) electrons. The molecule has 0 spiro atoms. The van der Waals surface area contributed by atoms with E-state index in [1.54, 1.807) is 0 Å². The van der Waals surface area contributed by atoms with E-state index in [1.165, 1.54) is 5.56 Å². The monoisotopic (exact) mass is 347 g/mol. The van der Waals surface area contributed by atoms with Crippen LogP contribution in [0.4, 0.5) is 0 Å². The van der Waals surface area contributed by atoms with Crippen LogP contribution in [0.15, 0.2) is 29.5 Å². The molecule has 2 rings (SSSR count). The van der Waals surface area contributed by atoms with Gasteiger partial charge in [0.2, 0.25) is 6.79 Å². The Morgan fingerprint density at radius 2 is 2.00 bits per heavy atom. The summed E-state index contributed by atoms with van der Waals surface area (Å²) in [6, 6.07) is 6.44. The summed E-state index contributed by atoms with van der Waals surface area (Å²) in [5.74, 6) is 2.19. The number of fused-ring (bicyclic) bond motifs is 1. The van der Waals surface area contributed by atoms with Crippen molar-refractivity contribution in [1.29, 1.82) is 0 Å². The molecule has 0 amide bonds. The van der Waals surface area contributed by atoms with E-state index in [0.29, 0.717) is 25.0 Å². The fourth-order valence-corrected chi connectivity index (χ4v) is 2.72. The minimum Gasteiger partial charge on any atom is -0.454 e. The van der Waals surface area contributed by atoms with Gasteiger partial charge in [0, 0.05) is 19.0 Å². The second-order valence-corrected chi connectivity index (χ2v) is 6.72. The molecule has 1 aliphatic heterocycles. The maximum Gasteiger partial charge on any atom is 0.310 e. The van der Waals surface area contributed by atoms with Gasteiger partial charge in [-0.25, -0.2) is 0 Å². The van der Waals surface area contributed by atoms with E-state index in [-0.39, 0.29) is 5.97 Å². The van der Waals surface area contributed by atoms with Gasteiger partial charge < -0.3 is 14.2 Å². The summed E-state index contributed by atoms with van der Waals surface area (Å²) in [5, 5.41) is 0. The van der Waals surface area contributed by atoms with E-state index in [4.69, 9.17) is 14.2 Å². The highest BCUT2D eigenvalue weighted by Crippen LogP contribution is 2.33. The van der Waals surface area contributed by atoms with Gasteiger partial charge >= 0.3 is 5.97 Å². The van der Waals surface area contributed by atoms with Crippen LogP contribution in [0.2, 0.25) is 0 Å². The van der Waals surface area contributed by atoms with Crippen LogP contribution in [0.25, 0.3) is 0 Å². The van der Waals surface area contributed by atoms with Gasteiger partial charge in [0.15, 0.2) is 11.5 Å². The van der Waals surface area contributed by atoms with Crippen molar-refractivity contribution in [3.8, 4) is 11.5 Å². The number of esters is 1. The minimum absolute atomic E-state index is 0.157. The number of allylic oxidation sites excluding steroid dienone is 1. The van der Waals surface area contributed by atoms with E-state index in [1.807, 2.05) is 32.9 Å². The molecule has 1 aromatic carbocycles. The second kappa shape index (κ2) is 8.90. The molecule has 0 saturated heterocycles. The highest BCUT2D eigenvalue weighted by molar-refractivity contribution is 5.70. The quantitative estimate of drug-likeness (QED) is 0.527. The molecule has 5 heteroatoms. The molecule has 1 aromatic rings. The van der Waals surface area contributed by atoms with Crippen LogP contribution < -0.4 is 9.47 Å². The molecular weight excluding hydrogens is 318 g/mol. The van der Waals surface area contributed by atoms with Crippen molar-refractivity contribution in [2.45, 2.75) is 53.0 Å². The second-order valence-electron chi connectivity index (χ2n) is 6.72. The predicted octanol–water partition coefficient (Wildman–Crippen LogP) is 3.92. The standard InChI is InChI=1S/C20H29NO4/c1-6-7-20(22)25-16(4)14(2)12-21(5)15(3)10-17-8-9-18-19(11-17)24-13-23-18/h8-9,11,15H,6-7,10,12-13H2,1-5H3/b16-14+.